The molecule has 0 N–H and O–H groups in total. The van der Waals surface area contributed by atoms with Gasteiger partial charge in [0.05, 0.1) is 6.08 Å². The Hall–Kier alpha value is -0.580. The smallest absolute Gasteiger partial charge is 0.736 e. The van der Waals surface area contributed by atoms with Crippen molar-refractivity contribution < 1.29 is 52.9 Å². The molecule has 0 saturated heterocycles. The van der Waals surface area contributed by atoms with Crippen LogP contribution in [0, 0.1) is 0 Å². The van der Waals surface area contributed by atoms with Crippen LogP contribution in [0.5, 0.6) is 0 Å². The summed E-state index contributed by atoms with van der Waals surface area (Å²) in [6.45, 7) is 0. The topological polar surface area (TPSA) is 75.7 Å². The van der Waals surface area contributed by atoms with E-state index in [1.807, 2.05) is 0 Å². The minimum atomic E-state index is -4.53. The van der Waals surface area contributed by atoms with Gasteiger partial charge in [0.15, 0.2) is 0 Å². The van der Waals surface area contributed by atoms with E-state index in [0.29, 0.717) is 5.56 Å². The number of carbonyl (C=O) groups excluding carboxylic acids is 1. The summed E-state index contributed by atoms with van der Waals surface area (Å²) in [5.74, 6) is -0.969. The number of hydrogen-bond acceptors (Lipinski definition) is 5. The van der Waals surface area contributed by atoms with Crippen LogP contribution in [0.3, 0.4) is 0 Å². The fraction of sp³-hybridized carbons (Fsp3) is 0. The molecule has 0 aliphatic carbocycles. The van der Waals surface area contributed by atoms with Gasteiger partial charge in [-0.1, -0.05) is 30.3 Å². The number of phosphoric ester groups is 1. The maximum Gasteiger partial charge on any atom is 1.00 e. The molecule has 0 amide bonds. The molecular weight excluding hydrogens is 242 g/mol. The van der Waals surface area contributed by atoms with Gasteiger partial charge in [-0.3, -0.25) is 0 Å². The normalized spacial score (nSPS) is 23.6. The van der Waals surface area contributed by atoms with Gasteiger partial charge in [0.2, 0.25) is 0 Å². The van der Waals surface area contributed by atoms with Gasteiger partial charge in [-0.05, 0) is 0 Å². The first-order chi connectivity index (χ1) is 7.07. The second-order valence-electron chi connectivity index (χ2n) is 2.82. The third-order valence-electron chi connectivity index (χ3n) is 1.72. The molecule has 1 heterocycles. The largest absolute Gasteiger partial charge is 1.00 e. The molecule has 7 heteroatoms. The number of carbonyl (C=O) groups is 1. The van der Waals surface area contributed by atoms with Crippen molar-refractivity contribution in [2.45, 2.75) is 0 Å². The van der Waals surface area contributed by atoms with Crippen LogP contribution in [0.1, 0.15) is 5.56 Å². The molecular formula is C9H6NaO5P. The first kappa shape index (κ1) is 13.5. The second-order valence-corrected chi connectivity index (χ2v) is 4.08. The quantitative estimate of drug-likeness (QED) is 0.427. The Morgan fingerprint density at radius 3 is 2.31 bits per heavy atom. The van der Waals surface area contributed by atoms with E-state index in [-0.39, 0.29) is 35.3 Å². The predicted octanol–water partition coefficient (Wildman–Crippen LogP) is -1.93. The van der Waals surface area contributed by atoms with Gasteiger partial charge in [0, 0.05) is 5.56 Å². The van der Waals surface area contributed by atoms with E-state index in [9.17, 15) is 14.3 Å². The molecule has 1 aliphatic rings. The summed E-state index contributed by atoms with van der Waals surface area (Å²) in [7, 11) is -4.53. The number of phosphoric acid groups is 1. The maximum absolute atomic E-state index is 11.0. The van der Waals surface area contributed by atoms with E-state index in [0.717, 1.165) is 6.08 Å². The molecule has 0 spiro atoms. The monoisotopic (exact) mass is 248 g/mol. The molecule has 1 aliphatic heterocycles. The number of benzene rings is 1. The summed E-state index contributed by atoms with van der Waals surface area (Å²) >= 11 is 0. The van der Waals surface area contributed by atoms with Crippen LogP contribution in [0.15, 0.2) is 36.4 Å². The van der Waals surface area contributed by atoms with Gasteiger partial charge < -0.3 is 13.9 Å². The van der Waals surface area contributed by atoms with E-state index in [1.54, 1.807) is 30.3 Å². The van der Waals surface area contributed by atoms with Crippen molar-refractivity contribution in [2.24, 2.45) is 0 Å². The Labute approximate surface area is 114 Å². The van der Waals surface area contributed by atoms with E-state index in [4.69, 9.17) is 0 Å². The molecule has 1 unspecified atom stereocenters. The van der Waals surface area contributed by atoms with Gasteiger partial charge >= 0.3 is 43.3 Å². The van der Waals surface area contributed by atoms with Gasteiger partial charge in [0.25, 0.3) is 0 Å². The van der Waals surface area contributed by atoms with Crippen LogP contribution in [0.25, 0.3) is 5.76 Å². The van der Waals surface area contributed by atoms with Crippen molar-refractivity contribution in [3.63, 3.8) is 0 Å². The van der Waals surface area contributed by atoms with Crippen LogP contribution in [-0.2, 0) is 18.4 Å². The SMILES string of the molecule is O=C1C=C(c2ccccc2)OP(=O)([O-])O1.[Na+]. The average Bonchev–Trinajstić information content (AvgIpc) is 2.16. The van der Waals surface area contributed by atoms with Gasteiger partial charge in [-0.25, -0.2) is 9.36 Å². The van der Waals surface area contributed by atoms with Crippen LogP contribution in [0.4, 0.5) is 0 Å². The Morgan fingerprint density at radius 1 is 1.12 bits per heavy atom. The summed E-state index contributed by atoms with van der Waals surface area (Å²) in [5, 5.41) is 0. The molecule has 5 nitrogen and oxygen atoms in total. The molecule has 0 aromatic heterocycles. The molecule has 16 heavy (non-hydrogen) atoms. The van der Waals surface area contributed by atoms with Crippen molar-refractivity contribution in [1.29, 1.82) is 0 Å². The van der Waals surface area contributed by atoms with E-state index >= 15 is 0 Å². The first-order valence-electron chi connectivity index (χ1n) is 4.08. The van der Waals surface area contributed by atoms with Crippen LogP contribution in [0.2, 0.25) is 0 Å². The minimum absolute atomic E-state index is 0. The molecule has 0 saturated carbocycles. The molecule has 0 radical (unpaired) electrons. The molecule has 2 rings (SSSR count). The third kappa shape index (κ3) is 3.20. The molecule has 78 valence electrons. The molecule has 1 atom stereocenters. The van der Waals surface area contributed by atoms with Gasteiger partial charge in [-0.2, -0.15) is 0 Å². The Balaban J connectivity index is 0.00000128. The van der Waals surface area contributed by atoms with E-state index in [1.165, 1.54) is 0 Å². The second kappa shape index (κ2) is 5.17. The van der Waals surface area contributed by atoms with Gasteiger partial charge in [-0.15, -0.1) is 0 Å². The Bertz CT molecular complexity index is 470. The first-order valence-corrected chi connectivity index (χ1v) is 5.54. The fourth-order valence-corrected chi connectivity index (χ4v) is 1.86. The van der Waals surface area contributed by atoms with Crippen LogP contribution in [-0.4, -0.2) is 5.97 Å². The van der Waals surface area contributed by atoms with Crippen LogP contribution < -0.4 is 34.5 Å². The van der Waals surface area contributed by atoms with Crippen molar-refractivity contribution in [2.75, 3.05) is 0 Å². The molecule has 0 bridgehead atoms. The fourth-order valence-electron chi connectivity index (χ4n) is 1.15. The summed E-state index contributed by atoms with van der Waals surface area (Å²) in [6.07, 6.45) is 0.989. The van der Waals surface area contributed by atoms with Gasteiger partial charge in [0.1, 0.15) is 5.76 Å². The zero-order valence-corrected chi connectivity index (χ0v) is 11.3. The Morgan fingerprint density at radius 2 is 1.75 bits per heavy atom. The molecule has 1 aromatic carbocycles. The van der Waals surface area contributed by atoms with Crippen LogP contribution >= 0.6 is 7.82 Å². The van der Waals surface area contributed by atoms with Crippen molar-refractivity contribution >= 4 is 19.6 Å². The molecule has 1 aromatic rings. The van der Waals surface area contributed by atoms with Crippen molar-refractivity contribution in [3.8, 4) is 0 Å². The maximum atomic E-state index is 11.0. The summed E-state index contributed by atoms with van der Waals surface area (Å²) < 4.78 is 19.5. The van der Waals surface area contributed by atoms with Crippen molar-refractivity contribution in [1.82, 2.24) is 0 Å². The van der Waals surface area contributed by atoms with E-state index < -0.39 is 13.8 Å². The third-order valence-corrected chi connectivity index (χ3v) is 2.54. The predicted molar refractivity (Wildman–Crippen MR) is 49.2 cm³/mol. The molecule has 0 fully saturated rings. The zero-order valence-electron chi connectivity index (χ0n) is 8.45. The van der Waals surface area contributed by atoms with E-state index in [2.05, 4.69) is 9.05 Å². The number of rotatable bonds is 1. The Kier molecular flexibility index (Phi) is 4.35. The number of hydrogen-bond donors (Lipinski definition) is 0. The average molecular weight is 248 g/mol. The standard InChI is InChI=1S/C9H7O5P.Na/c10-9-6-8(13-15(11,12)14-9)7-4-2-1-3-5-7;/h1-6H,(H,11,12);/q;+1/p-1. The summed E-state index contributed by atoms with van der Waals surface area (Å²) in [6, 6.07) is 8.43. The summed E-state index contributed by atoms with van der Waals surface area (Å²) in [4.78, 5) is 21.9. The minimum Gasteiger partial charge on any atom is -0.736 e. The van der Waals surface area contributed by atoms with Crippen molar-refractivity contribution in [3.05, 3.63) is 42.0 Å². The zero-order chi connectivity index (χ0) is 10.9. The summed E-state index contributed by atoms with van der Waals surface area (Å²) in [5.41, 5.74) is 0.505.